The third-order valence-corrected chi connectivity index (χ3v) is 8.02. The van der Waals surface area contributed by atoms with Crippen LogP contribution in [0.25, 0.3) is 0 Å². The summed E-state index contributed by atoms with van der Waals surface area (Å²) in [6, 6.07) is 1.94. The molecule has 3 atom stereocenters. The van der Waals surface area contributed by atoms with Crippen molar-refractivity contribution in [1.82, 2.24) is 0 Å². The standard InChI is InChI=1S/C26H31N3O6/c1-28(2)15-11-16(29-6-4-3-5-7-29)22(31)20-14(15)9-12-8-13-10-17(30)21(26(27)35)25(34)19(13)23(32)18(12)24(20)33/h11-13,19,30-32H,3-10H2,1-2H3,(H2,27,35)/t12-,13+,19?/m1/s1. The largest absolute Gasteiger partial charge is 0.511 e. The zero-order valence-corrected chi connectivity index (χ0v) is 20.0. The van der Waals surface area contributed by atoms with Gasteiger partial charge in [-0.1, -0.05) is 0 Å². The highest BCUT2D eigenvalue weighted by Crippen LogP contribution is 2.52. The zero-order valence-electron chi connectivity index (χ0n) is 20.0. The molecule has 1 amide bonds. The molecule has 0 aromatic heterocycles. The molecule has 9 nitrogen and oxygen atoms in total. The Hall–Kier alpha value is -3.49. The van der Waals surface area contributed by atoms with E-state index >= 15 is 0 Å². The molecule has 4 aliphatic rings. The summed E-state index contributed by atoms with van der Waals surface area (Å²) >= 11 is 0. The van der Waals surface area contributed by atoms with Crippen LogP contribution >= 0.6 is 0 Å². The second-order valence-electron chi connectivity index (χ2n) is 10.3. The number of aliphatic hydroxyl groups is 2. The van der Waals surface area contributed by atoms with Crippen LogP contribution in [-0.4, -0.2) is 60.0 Å². The van der Waals surface area contributed by atoms with E-state index in [1.807, 2.05) is 25.1 Å². The van der Waals surface area contributed by atoms with E-state index < -0.39 is 34.9 Å². The summed E-state index contributed by atoms with van der Waals surface area (Å²) in [5.41, 5.74) is 7.25. The van der Waals surface area contributed by atoms with Gasteiger partial charge in [0.25, 0.3) is 5.91 Å². The molecule has 1 heterocycles. The quantitative estimate of drug-likeness (QED) is 0.482. The van der Waals surface area contributed by atoms with E-state index in [-0.39, 0.29) is 40.7 Å². The van der Waals surface area contributed by atoms with Crippen molar-refractivity contribution >= 4 is 28.8 Å². The molecule has 1 saturated heterocycles. The van der Waals surface area contributed by atoms with Crippen molar-refractivity contribution in [3.8, 4) is 5.75 Å². The number of carbonyl (C=O) groups excluding carboxylic acids is 3. The number of piperidine rings is 1. The van der Waals surface area contributed by atoms with Crippen LogP contribution in [0.3, 0.4) is 0 Å². The average Bonchev–Trinajstić information content (AvgIpc) is 2.78. The highest BCUT2D eigenvalue weighted by Gasteiger charge is 2.50. The maximum absolute atomic E-state index is 13.9. The monoisotopic (exact) mass is 481 g/mol. The maximum atomic E-state index is 13.9. The van der Waals surface area contributed by atoms with Crippen molar-refractivity contribution < 1.29 is 29.7 Å². The van der Waals surface area contributed by atoms with E-state index in [4.69, 9.17) is 5.73 Å². The number of anilines is 2. The van der Waals surface area contributed by atoms with Crippen LogP contribution < -0.4 is 15.5 Å². The summed E-state index contributed by atoms with van der Waals surface area (Å²) in [7, 11) is 3.79. The number of hydrogen-bond donors (Lipinski definition) is 4. The van der Waals surface area contributed by atoms with Crippen molar-refractivity contribution in [2.24, 2.45) is 23.5 Å². The molecule has 3 aliphatic carbocycles. The number of Topliss-reactive ketones (excluding diaryl/α,β-unsaturated/α-hetero) is 2. The summed E-state index contributed by atoms with van der Waals surface area (Å²) in [6.45, 7) is 1.57. The minimum absolute atomic E-state index is 0.0310. The lowest BCUT2D eigenvalue weighted by Crippen LogP contribution is -2.43. The summed E-state index contributed by atoms with van der Waals surface area (Å²) in [5, 5.41) is 32.8. The van der Waals surface area contributed by atoms with E-state index in [1.54, 1.807) is 0 Å². The number of aromatic hydroxyl groups is 1. The summed E-state index contributed by atoms with van der Waals surface area (Å²) < 4.78 is 0. The van der Waals surface area contributed by atoms with Gasteiger partial charge in [0, 0.05) is 44.9 Å². The Bertz CT molecular complexity index is 1210. The molecule has 0 spiro atoms. The van der Waals surface area contributed by atoms with Crippen LogP contribution in [0.4, 0.5) is 11.4 Å². The maximum Gasteiger partial charge on any atom is 0.255 e. The number of benzene rings is 1. The molecule has 1 aromatic rings. The molecule has 0 saturated carbocycles. The fourth-order valence-electron chi connectivity index (χ4n) is 6.45. The first-order chi connectivity index (χ1) is 16.6. The van der Waals surface area contributed by atoms with Gasteiger partial charge in [-0.05, 0) is 55.6 Å². The van der Waals surface area contributed by atoms with Gasteiger partial charge >= 0.3 is 0 Å². The van der Waals surface area contributed by atoms with E-state index in [0.29, 0.717) is 18.5 Å². The molecule has 5 rings (SSSR count). The van der Waals surface area contributed by atoms with Gasteiger partial charge in [-0.2, -0.15) is 0 Å². The Morgan fingerprint density at radius 2 is 1.77 bits per heavy atom. The summed E-state index contributed by atoms with van der Waals surface area (Å²) in [4.78, 5) is 42.7. The topological polar surface area (TPSA) is 144 Å². The number of ketones is 2. The second kappa shape index (κ2) is 8.32. The molecule has 1 aliphatic heterocycles. The van der Waals surface area contributed by atoms with Gasteiger partial charge in [-0.3, -0.25) is 14.4 Å². The fourth-order valence-corrected chi connectivity index (χ4v) is 6.45. The predicted molar refractivity (Wildman–Crippen MR) is 130 cm³/mol. The lowest BCUT2D eigenvalue weighted by molar-refractivity contribution is -0.126. The third kappa shape index (κ3) is 3.47. The molecule has 1 aromatic carbocycles. The normalized spacial score (nSPS) is 26.3. The molecular formula is C26H31N3O6. The number of allylic oxidation sites excluding steroid dienone is 3. The minimum atomic E-state index is -1.11. The Kier molecular flexibility index (Phi) is 5.53. The third-order valence-electron chi connectivity index (χ3n) is 8.02. The number of nitrogens with zero attached hydrogens (tertiary/aromatic N) is 2. The molecule has 0 bridgehead atoms. The Morgan fingerprint density at radius 1 is 1.09 bits per heavy atom. The summed E-state index contributed by atoms with van der Waals surface area (Å²) in [6.07, 6.45) is 3.96. The van der Waals surface area contributed by atoms with E-state index in [9.17, 15) is 29.7 Å². The molecule has 0 radical (unpaired) electrons. The van der Waals surface area contributed by atoms with E-state index in [0.717, 1.165) is 43.6 Å². The van der Waals surface area contributed by atoms with E-state index in [2.05, 4.69) is 4.90 Å². The molecule has 1 unspecified atom stereocenters. The highest BCUT2D eigenvalue weighted by molar-refractivity contribution is 6.22. The first-order valence-corrected chi connectivity index (χ1v) is 12.2. The summed E-state index contributed by atoms with van der Waals surface area (Å²) in [5.74, 6) is -5.04. The number of amides is 1. The number of hydrogen-bond acceptors (Lipinski definition) is 8. The molecule has 35 heavy (non-hydrogen) atoms. The van der Waals surface area contributed by atoms with Crippen molar-refractivity contribution in [3.63, 3.8) is 0 Å². The Labute approximate surface area is 203 Å². The molecule has 9 heteroatoms. The second-order valence-corrected chi connectivity index (χ2v) is 10.3. The van der Waals surface area contributed by atoms with Crippen LogP contribution in [0.5, 0.6) is 5.75 Å². The van der Waals surface area contributed by atoms with Gasteiger partial charge in [0.1, 0.15) is 22.8 Å². The molecular weight excluding hydrogens is 450 g/mol. The zero-order chi connectivity index (χ0) is 25.2. The van der Waals surface area contributed by atoms with Gasteiger partial charge in [0.2, 0.25) is 0 Å². The van der Waals surface area contributed by atoms with Gasteiger partial charge < -0.3 is 30.9 Å². The number of carbonyl (C=O) groups is 3. The first kappa shape index (κ1) is 23.3. The SMILES string of the molecule is CN(C)c1cc(N2CCCCC2)c(O)c2c1C[C@H]1C[C@H]3CC(O)=C(C(N)=O)C(=O)C3C(O)=C1C2=O. The number of phenolic OH excluding ortho intramolecular Hbond substituents is 1. The molecule has 5 N–H and O–H groups in total. The van der Waals surface area contributed by atoms with Crippen LogP contribution in [0.1, 0.15) is 48.0 Å². The van der Waals surface area contributed by atoms with Crippen LogP contribution in [0.15, 0.2) is 28.7 Å². The minimum Gasteiger partial charge on any atom is -0.511 e. The Balaban J connectivity index is 1.65. The van der Waals surface area contributed by atoms with Crippen molar-refractivity contribution in [2.45, 2.75) is 38.5 Å². The lowest BCUT2D eigenvalue weighted by atomic mass is 9.62. The highest BCUT2D eigenvalue weighted by atomic mass is 16.3. The number of aliphatic hydroxyl groups excluding tert-OH is 2. The fraction of sp³-hybridized carbons (Fsp3) is 0.500. The van der Waals surface area contributed by atoms with Gasteiger partial charge in [-0.15, -0.1) is 0 Å². The molecule has 1 fully saturated rings. The van der Waals surface area contributed by atoms with Gasteiger partial charge in [-0.25, -0.2) is 0 Å². The van der Waals surface area contributed by atoms with Crippen LogP contribution in [-0.2, 0) is 16.0 Å². The van der Waals surface area contributed by atoms with Crippen LogP contribution in [0.2, 0.25) is 0 Å². The number of phenols is 1. The first-order valence-electron chi connectivity index (χ1n) is 12.2. The average molecular weight is 482 g/mol. The predicted octanol–water partition coefficient (Wildman–Crippen LogP) is 2.52. The molecule has 186 valence electrons. The van der Waals surface area contributed by atoms with Gasteiger partial charge in [0.05, 0.1) is 17.2 Å². The number of fused-ring (bicyclic) bond motifs is 3. The smallest absolute Gasteiger partial charge is 0.255 e. The van der Waals surface area contributed by atoms with Crippen LogP contribution in [0, 0.1) is 17.8 Å². The van der Waals surface area contributed by atoms with Crippen molar-refractivity contribution in [2.75, 3.05) is 37.0 Å². The van der Waals surface area contributed by atoms with Crippen molar-refractivity contribution in [3.05, 3.63) is 39.9 Å². The van der Waals surface area contributed by atoms with Crippen molar-refractivity contribution in [1.29, 1.82) is 0 Å². The lowest BCUT2D eigenvalue weighted by Gasteiger charge is -2.41. The number of primary amides is 1. The number of rotatable bonds is 3. The number of nitrogens with two attached hydrogens (primary N) is 1. The van der Waals surface area contributed by atoms with Gasteiger partial charge in [0.15, 0.2) is 11.6 Å². The van der Waals surface area contributed by atoms with E-state index in [1.165, 1.54) is 0 Å². The Morgan fingerprint density at radius 3 is 2.40 bits per heavy atom.